The minimum Gasteiger partial charge on any atom is -0.756 e. The van der Waals surface area contributed by atoms with E-state index in [9.17, 15) is 0 Å². The van der Waals surface area contributed by atoms with E-state index < -0.39 is 7.82 Å². The molecule has 0 heterocycles. The maximum absolute atomic E-state index is 8.77. The second-order valence-corrected chi connectivity index (χ2v) is 3.48. The van der Waals surface area contributed by atoms with Gasteiger partial charge in [0, 0.05) is 17.2 Å². The van der Waals surface area contributed by atoms with E-state index in [-0.39, 0.29) is 0 Å². The lowest BCUT2D eigenvalue weighted by molar-refractivity contribution is -0.214. The molecule has 1 rings (SSSR count). The van der Waals surface area contributed by atoms with Crippen molar-refractivity contribution in [1.29, 1.82) is 5.39 Å². The summed E-state index contributed by atoms with van der Waals surface area (Å²) >= 11 is 5.55. The molecule has 14 heavy (non-hydrogen) atoms. The molecule has 0 aliphatic carbocycles. The molecule has 8 heteroatoms. The van der Waals surface area contributed by atoms with Crippen LogP contribution in [0.3, 0.4) is 0 Å². The topological polar surface area (TPSA) is 109 Å². The first-order valence-corrected chi connectivity index (χ1v) is 5.11. The van der Waals surface area contributed by atoms with Crippen LogP contribution in [0.2, 0.25) is 5.02 Å². The Labute approximate surface area is 84.6 Å². The molecular weight excluding hydrogens is 231 g/mol. The summed E-state index contributed by atoms with van der Waals surface area (Å²) in [6, 6.07) is 6.58. The number of phosphoric acid groups is 1. The van der Waals surface area contributed by atoms with Gasteiger partial charge in [0.2, 0.25) is 5.39 Å². The van der Waals surface area contributed by atoms with E-state index in [1.807, 2.05) is 0 Å². The fourth-order valence-electron chi connectivity index (χ4n) is 0.508. The van der Waals surface area contributed by atoms with Crippen LogP contribution >= 0.6 is 19.4 Å². The van der Waals surface area contributed by atoms with Crippen molar-refractivity contribution in [2.75, 3.05) is 0 Å². The van der Waals surface area contributed by atoms with Gasteiger partial charge in [0.1, 0.15) is 0 Å². The average molecular weight is 237 g/mol. The van der Waals surface area contributed by atoms with Crippen LogP contribution in [0, 0.1) is 5.39 Å². The molecule has 0 saturated carbocycles. The molecule has 1 aromatic carbocycles. The Balaban J connectivity index is 0.000000292. The second kappa shape index (κ2) is 5.70. The summed E-state index contributed by atoms with van der Waals surface area (Å²) in [5.74, 6) is 0. The van der Waals surface area contributed by atoms with Gasteiger partial charge in [-0.3, -0.25) is 4.57 Å². The summed E-state index contributed by atoms with van der Waals surface area (Å²) in [6.45, 7) is 0. The van der Waals surface area contributed by atoms with Crippen LogP contribution in [0.4, 0.5) is 5.69 Å². The summed E-state index contributed by atoms with van der Waals surface area (Å²) in [4.78, 5) is 25.9. The zero-order chi connectivity index (χ0) is 11.2. The fraction of sp³-hybridized carbons (Fsp3) is 0. The lowest BCUT2D eigenvalue weighted by atomic mass is 10.3. The molecule has 6 nitrogen and oxygen atoms in total. The molecule has 0 spiro atoms. The lowest BCUT2D eigenvalue weighted by Crippen LogP contribution is -1.94. The molecule has 0 saturated heterocycles. The first kappa shape index (κ1) is 13.0. The van der Waals surface area contributed by atoms with E-state index in [0.29, 0.717) is 10.7 Å². The molecule has 0 aliphatic rings. The molecule has 76 valence electrons. The van der Waals surface area contributed by atoms with Gasteiger partial charge in [-0.25, -0.2) is 0 Å². The molecule has 0 radical (unpaired) electrons. The van der Waals surface area contributed by atoms with Gasteiger partial charge >= 0.3 is 5.69 Å². The number of diazo groups is 1. The van der Waals surface area contributed by atoms with Crippen molar-refractivity contribution < 1.29 is 19.2 Å². The van der Waals surface area contributed by atoms with Crippen molar-refractivity contribution in [3.8, 4) is 0 Å². The van der Waals surface area contributed by atoms with Gasteiger partial charge < -0.3 is 14.7 Å². The number of nitrogens with zero attached hydrogens (tertiary/aromatic N) is 2. The molecular formula is C6H6ClN2O4P. The Morgan fingerprint density at radius 3 is 2.00 bits per heavy atom. The molecule has 0 atom stereocenters. The van der Waals surface area contributed by atoms with Crippen LogP contribution in [0.5, 0.6) is 0 Å². The predicted molar refractivity (Wildman–Crippen MR) is 48.2 cm³/mol. The highest BCUT2D eigenvalue weighted by Crippen LogP contribution is 2.19. The molecule has 1 aromatic rings. The third kappa shape index (κ3) is 9.13. The average Bonchev–Trinajstić information content (AvgIpc) is 2.03. The third-order valence-electron chi connectivity index (χ3n) is 0.942. The van der Waals surface area contributed by atoms with Crippen molar-refractivity contribution in [2.45, 2.75) is 0 Å². The molecule has 0 bridgehead atoms. The van der Waals surface area contributed by atoms with Crippen LogP contribution in [-0.4, -0.2) is 9.79 Å². The van der Waals surface area contributed by atoms with Crippen molar-refractivity contribution in [1.82, 2.24) is 0 Å². The van der Waals surface area contributed by atoms with Crippen molar-refractivity contribution >= 4 is 25.1 Å². The maximum Gasteiger partial charge on any atom is 0.385 e. The molecule has 0 aromatic heterocycles. The van der Waals surface area contributed by atoms with Crippen molar-refractivity contribution in [3.05, 3.63) is 34.3 Å². The Kier molecular flexibility index (Phi) is 5.31. The molecule has 2 N–H and O–H groups in total. The summed E-state index contributed by atoms with van der Waals surface area (Å²) < 4.78 is 8.77. The minimum absolute atomic E-state index is 0.513. The zero-order valence-corrected chi connectivity index (χ0v) is 8.39. The Hall–Kier alpha value is -0.960. The minimum atomic E-state index is -4.89. The summed E-state index contributed by atoms with van der Waals surface area (Å²) in [7, 11) is -4.89. The highest BCUT2D eigenvalue weighted by molar-refractivity contribution is 7.43. The van der Waals surface area contributed by atoms with Gasteiger partial charge in [-0.2, -0.15) is 0 Å². The number of hydrogen-bond acceptors (Lipinski definition) is 3. The quantitative estimate of drug-likeness (QED) is 0.521. The van der Waals surface area contributed by atoms with Gasteiger partial charge in [0.15, 0.2) is 4.98 Å². The monoisotopic (exact) mass is 236 g/mol. The van der Waals surface area contributed by atoms with Crippen LogP contribution in [0.25, 0.3) is 4.98 Å². The first-order valence-electron chi connectivity index (χ1n) is 3.20. The SMILES string of the molecule is N#[N+]c1ccc(Cl)cc1.O=P([O-])(O)O. The third-order valence-corrected chi connectivity index (χ3v) is 1.19. The van der Waals surface area contributed by atoms with E-state index in [0.717, 1.165) is 0 Å². The lowest BCUT2D eigenvalue weighted by Gasteiger charge is -2.01. The number of halogens is 1. The van der Waals surface area contributed by atoms with E-state index in [2.05, 4.69) is 4.98 Å². The Bertz CT molecular complexity index is 360. The standard InChI is InChI=1S/C6H4ClN2.H3O4P/c7-5-1-3-6(9-8)4-2-5;1-5(2,3)4/h1-4H;(H3,1,2,3,4)/q+1;/p-1. The predicted octanol–water partition coefficient (Wildman–Crippen LogP) is 1.26. The van der Waals surface area contributed by atoms with E-state index in [1.165, 1.54) is 0 Å². The second-order valence-electron chi connectivity index (χ2n) is 2.07. The van der Waals surface area contributed by atoms with Gasteiger partial charge in [0.05, 0.1) is 0 Å². The largest absolute Gasteiger partial charge is 0.756 e. The molecule has 0 amide bonds. The highest BCUT2D eigenvalue weighted by Gasteiger charge is 1.99. The van der Waals surface area contributed by atoms with Gasteiger partial charge in [-0.15, -0.1) is 0 Å². The van der Waals surface area contributed by atoms with E-state index >= 15 is 0 Å². The normalized spacial score (nSPS) is 9.64. The van der Waals surface area contributed by atoms with Crippen molar-refractivity contribution in [3.63, 3.8) is 0 Å². The number of hydrogen-bond donors (Lipinski definition) is 2. The van der Waals surface area contributed by atoms with Gasteiger partial charge in [-0.1, -0.05) is 11.6 Å². The molecule has 0 aliphatic heterocycles. The Morgan fingerprint density at radius 2 is 1.71 bits per heavy atom. The van der Waals surface area contributed by atoms with Gasteiger partial charge in [-0.05, 0) is 12.1 Å². The van der Waals surface area contributed by atoms with E-state index in [4.69, 9.17) is 36.2 Å². The summed E-state index contributed by atoms with van der Waals surface area (Å²) in [6.07, 6.45) is 0. The number of benzene rings is 1. The smallest absolute Gasteiger partial charge is 0.385 e. The zero-order valence-electron chi connectivity index (χ0n) is 6.74. The van der Waals surface area contributed by atoms with E-state index in [1.54, 1.807) is 24.3 Å². The first-order chi connectivity index (χ1) is 6.33. The van der Waals surface area contributed by atoms with Crippen LogP contribution in [0.15, 0.2) is 24.3 Å². The van der Waals surface area contributed by atoms with Crippen LogP contribution in [-0.2, 0) is 4.57 Å². The molecule has 0 unspecified atom stereocenters. The van der Waals surface area contributed by atoms with Crippen molar-refractivity contribution in [2.24, 2.45) is 0 Å². The highest BCUT2D eigenvalue weighted by atomic mass is 35.5. The summed E-state index contributed by atoms with van der Waals surface area (Å²) in [5, 5.41) is 8.85. The number of rotatable bonds is 0. The summed E-state index contributed by atoms with van der Waals surface area (Å²) in [5.41, 5.74) is 0.513. The fourth-order valence-corrected chi connectivity index (χ4v) is 0.634. The van der Waals surface area contributed by atoms with Gasteiger partial charge in [0.25, 0.3) is 7.82 Å². The van der Waals surface area contributed by atoms with Crippen LogP contribution < -0.4 is 4.89 Å². The van der Waals surface area contributed by atoms with Crippen LogP contribution in [0.1, 0.15) is 0 Å². The Morgan fingerprint density at radius 1 is 1.36 bits per heavy atom. The molecule has 0 fully saturated rings. The maximum atomic E-state index is 8.77.